The summed E-state index contributed by atoms with van der Waals surface area (Å²) in [6.07, 6.45) is 5.24. The van der Waals surface area contributed by atoms with Gasteiger partial charge in [-0.05, 0) is 18.1 Å². The van der Waals surface area contributed by atoms with Crippen molar-refractivity contribution in [3.05, 3.63) is 59.4 Å². The smallest absolute Gasteiger partial charge is 0.150 e. The molecule has 2 unspecified atom stereocenters. The van der Waals surface area contributed by atoms with Gasteiger partial charge in [0.2, 0.25) is 0 Å². The summed E-state index contributed by atoms with van der Waals surface area (Å²) >= 11 is 0. The minimum atomic E-state index is -0.924. The van der Waals surface area contributed by atoms with Gasteiger partial charge in [-0.3, -0.25) is 4.79 Å². The third-order valence-corrected chi connectivity index (χ3v) is 3.64. The summed E-state index contributed by atoms with van der Waals surface area (Å²) in [6.45, 7) is 1.88. The maximum Gasteiger partial charge on any atom is 0.150 e. The van der Waals surface area contributed by atoms with Crippen LogP contribution in [0.4, 0.5) is 0 Å². The highest BCUT2D eigenvalue weighted by Gasteiger charge is 2.43. The number of aldehydes is 1. The quantitative estimate of drug-likeness (QED) is 0.803. The second kappa shape index (κ2) is 4.78. The number of hydrogen-bond donors (Lipinski definition) is 2. The van der Waals surface area contributed by atoms with Crippen LogP contribution >= 0.6 is 0 Å². The van der Waals surface area contributed by atoms with Crippen LogP contribution in [0.2, 0.25) is 0 Å². The van der Waals surface area contributed by atoms with Crippen LogP contribution in [0.3, 0.4) is 0 Å². The topological polar surface area (TPSA) is 57.5 Å². The Morgan fingerprint density at radius 2 is 2.11 bits per heavy atom. The van der Waals surface area contributed by atoms with Gasteiger partial charge in [-0.15, -0.1) is 0 Å². The van der Waals surface area contributed by atoms with Crippen LogP contribution in [-0.2, 0) is 5.41 Å². The van der Waals surface area contributed by atoms with E-state index in [4.69, 9.17) is 0 Å². The molecule has 2 rings (SSSR count). The Kier molecular flexibility index (Phi) is 3.34. The van der Waals surface area contributed by atoms with Crippen LogP contribution in [0, 0.1) is 0 Å². The molecule has 0 heterocycles. The van der Waals surface area contributed by atoms with E-state index in [0.717, 1.165) is 6.29 Å². The van der Waals surface area contributed by atoms with Crippen molar-refractivity contribution >= 4 is 6.29 Å². The SMILES string of the molecule is CCC1(c2ccccc2C=O)C(O)=CC=CC1O. The van der Waals surface area contributed by atoms with Gasteiger partial charge in [0.25, 0.3) is 0 Å². The average molecular weight is 244 g/mol. The maximum absolute atomic E-state index is 11.1. The van der Waals surface area contributed by atoms with E-state index in [1.54, 1.807) is 42.5 Å². The number of rotatable bonds is 3. The summed E-state index contributed by atoms with van der Waals surface area (Å²) in [7, 11) is 0. The summed E-state index contributed by atoms with van der Waals surface area (Å²) in [4.78, 5) is 11.1. The first kappa shape index (κ1) is 12.6. The van der Waals surface area contributed by atoms with E-state index in [-0.39, 0.29) is 5.76 Å². The lowest BCUT2D eigenvalue weighted by atomic mass is 9.68. The molecule has 94 valence electrons. The van der Waals surface area contributed by atoms with Crippen LogP contribution in [-0.4, -0.2) is 22.6 Å². The number of aliphatic hydroxyl groups is 2. The molecule has 0 radical (unpaired) electrons. The fraction of sp³-hybridized carbons (Fsp3) is 0.267. The molecule has 0 spiro atoms. The highest BCUT2D eigenvalue weighted by atomic mass is 16.3. The molecule has 2 N–H and O–H groups in total. The van der Waals surface area contributed by atoms with E-state index in [9.17, 15) is 15.0 Å². The van der Waals surface area contributed by atoms with Gasteiger partial charge in [0, 0.05) is 5.56 Å². The first-order valence-electron chi connectivity index (χ1n) is 5.97. The van der Waals surface area contributed by atoms with E-state index >= 15 is 0 Å². The molecule has 1 aromatic carbocycles. The predicted octanol–water partition coefficient (Wildman–Crippen LogP) is 2.52. The van der Waals surface area contributed by atoms with Gasteiger partial charge in [-0.25, -0.2) is 0 Å². The Hall–Kier alpha value is -1.87. The lowest BCUT2D eigenvalue weighted by Gasteiger charge is -2.38. The Morgan fingerprint density at radius 3 is 2.72 bits per heavy atom. The van der Waals surface area contributed by atoms with E-state index < -0.39 is 11.5 Å². The van der Waals surface area contributed by atoms with Gasteiger partial charge >= 0.3 is 0 Å². The molecular formula is C15H16O3. The first-order valence-corrected chi connectivity index (χ1v) is 5.97. The fourth-order valence-corrected chi connectivity index (χ4v) is 2.60. The van der Waals surface area contributed by atoms with Crippen LogP contribution in [0.25, 0.3) is 0 Å². The second-order valence-corrected chi connectivity index (χ2v) is 4.41. The fourth-order valence-electron chi connectivity index (χ4n) is 2.60. The van der Waals surface area contributed by atoms with Gasteiger partial charge in [-0.2, -0.15) is 0 Å². The molecule has 3 nitrogen and oxygen atoms in total. The van der Waals surface area contributed by atoms with Gasteiger partial charge in [0.1, 0.15) is 12.0 Å². The summed E-state index contributed by atoms with van der Waals surface area (Å²) < 4.78 is 0. The molecule has 0 aliphatic heterocycles. The lowest BCUT2D eigenvalue weighted by molar-refractivity contribution is 0.102. The van der Waals surface area contributed by atoms with Gasteiger partial charge < -0.3 is 10.2 Å². The van der Waals surface area contributed by atoms with Crippen molar-refractivity contribution in [3.8, 4) is 0 Å². The number of benzene rings is 1. The van der Waals surface area contributed by atoms with Crippen molar-refractivity contribution in [2.75, 3.05) is 0 Å². The standard InChI is InChI=1S/C15H16O3/c1-2-15(13(17)8-5-9-14(15)18)12-7-4-3-6-11(12)10-16/h3-10,13,17-18H,2H2,1H3. The number of aliphatic hydroxyl groups excluding tert-OH is 2. The van der Waals surface area contributed by atoms with Gasteiger partial charge in [0.15, 0.2) is 0 Å². The molecule has 0 saturated heterocycles. The van der Waals surface area contributed by atoms with Crippen molar-refractivity contribution in [1.29, 1.82) is 0 Å². The van der Waals surface area contributed by atoms with Crippen LogP contribution in [0.1, 0.15) is 29.3 Å². The molecular weight excluding hydrogens is 228 g/mol. The highest BCUT2D eigenvalue weighted by molar-refractivity contribution is 5.78. The van der Waals surface area contributed by atoms with Crippen molar-refractivity contribution < 1.29 is 15.0 Å². The second-order valence-electron chi connectivity index (χ2n) is 4.41. The van der Waals surface area contributed by atoms with E-state index in [1.807, 2.05) is 6.92 Å². The Balaban J connectivity index is 2.67. The summed E-state index contributed by atoms with van der Waals surface area (Å²) in [5.74, 6) is 0.0919. The van der Waals surface area contributed by atoms with E-state index in [0.29, 0.717) is 17.5 Å². The molecule has 0 bridgehead atoms. The van der Waals surface area contributed by atoms with Crippen molar-refractivity contribution in [1.82, 2.24) is 0 Å². The molecule has 18 heavy (non-hydrogen) atoms. The van der Waals surface area contributed by atoms with Crippen LogP contribution in [0.5, 0.6) is 0 Å². The predicted molar refractivity (Wildman–Crippen MR) is 69.7 cm³/mol. The molecule has 0 fully saturated rings. The van der Waals surface area contributed by atoms with Crippen LogP contribution in [0.15, 0.2) is 48.3 Å². The minimum absolute atomic E-state index is 0.0919. The van der Waals surface area contributed by atoms with Crippen molar-refractivity contribution in [3.63, 3.8) is 0 Å². The normalized spacial score (nSPS) is 26.8. The van der Waals surface area contributed by atoms with Crippen molar-refractivity contribution in [2.45, 2.75) is 24.9 Å². The lowest BCUT2D eigenvalue weighted by Crippen LogP contribution is -2.42. The molecule has 3 heteroatoms. The zero-order chi connectivity index (χ0) is 13.2. The molecule has 0 aromatic heterocycles. The summed E-state index contributed by atoms with van der Waals surface area (Å²) in [5.41, 5.74) is 0.230. The number of carbonyl (C=O) groups is 1. The Labute approximate surface area is 106 Å². The summed E-state index contributed by atoms with van der Waals surface area (Å²) in [5, 5.41) is 20.5. The van der Waals surface area contributed by atoms with Crippen molar-refractivity contribution in [2.24, 2.45) is 0 Å². The zero-order valence-corrected chi connectivity index (χ0v) is 10.2. The summed E-state index contributed by atoms with van der Waals surface area (Å²) in [6, 6.07) is 7.04. The number of carbonyl (C=O) groups excluding carboxylic acids is 1. The molecule has 1 aliphatic rings. The monoisotopic (exact) mass is 244 g/mol. The van der Waals surface area contributed by atoms with E-state index in [2.05, 4.69) is 0 Å². The molecule has 0 saturated carbocycles. The Morgan fingerprint density at radius 1 is 1.39 bits per heavy atom. The van der Waals surface area contributed by atoms with Gasteiger partial charge in [0.05, 0.1) is 11.5 Å². The number of allylic oxidation sites excluding steroid dienone is 2. The average Bonchev–Trinajstić information content (AvgIpc) is 2.40. The maximum atomic E-state index is 11.1. The molecule has 1 aromatic rings. The minimum Gasteiger partial charge on any atom is -0.511 e. The molecule has 0 amide bonds. The van der Waals surface area contributed by atoms with Crippen LogP contribution < -0.4 is 0 Å². The zero-order valence-electron chi connectivity index (χ0n) is 10.2. The Bertz CT molecular complexity index is 516. The highest BCUT2D eigenvalue weighted by Crippen LogP contribution is 2.41. The number of hydrogen-bond acceptors (Lipinski definition) is 3. The largest absolute Gasteiger partial charge is 0.511 e. The molecule has 2 atom stereocenters. The first-order chi connectivity index (χ1) is 8.66. The third kappa shape index (κ3) is 1.68. The van der Waals surface area contributed by atoms with E-state index in [1.165, 1.54) is 0 Å². The third-order valence-electron chi connectivity index (χ3n) is 3.64. The molecule has 1 aliphatic carbocycles. The van der Waals surface area contributed by atoms with Gasteiger partial charge in [-0.1, -0.05) is 43.3 Å².